The summed E-state index contributed by atoms with van der Waals surface area (Å²) in [7, 11) is 3.51. The lowest BCUT2D eigenvalue weighted by molar-refractivity contribution is -0.235. The molecule has 4 fully saturated rings. The molecule has 4 saturated carbocycles. The molecule has 5 aliphatic rings. The SMILES string of the molecule is CC(C)C1=C2C3CCC4C5(C)CCC(OC(=O)CC(C)(C)C(=O)O)C(C)(C)C5CCC4(C)C3(C)CCC2(C(O)CN(CC(=O)N(C)C)Cc2cccnc2)CC1=O. The highest BCUT2D eigenvalue weighted by Crippen LogP contribution is 2.77. The van der Waals surface area contributed by atoms with E-state index in [1.807, 2.05) is 23.2 Å². The molecule has 316 valence electrons. The number of rotatable bonds is 12. The standard InChI is InChI=1S/C47H71N3O7/c1-29(2)39-32(51)23-47(35(52)27-50(28-37(53)49(10)11)26-30-13-12-22-48-25-30)21-20-45(8)31(40(39)47)14-15-34-44(7)18-17-36(57-38(54)24-42(3,4)41(55)56)43(5,6)33(44)16-19-46(34,45)9/h12-13,22,25,29,31,33-36,52H,14-21,23-24,26-28H2,1-11H3,(H,55,56). The first-order valence-electron chi connectivity index (χ1n) is 21.6. The maximum atomic E-state index is 14.3. The molecule has 0 radical (unpaired) electrons. The summed E-state index contributed by atoms with van der Waals surface area (Å²) in [5.74, 6) is -0.302. The van der Waals surface area contributed by atoms with Crippen LogP contribution in [0.5, 0.6) is 0 Å². The zero-order valence-corrected chi connectivity index (χ0v) is 36.7. The second kappa shape index (κ2) is 15.2. The normalized spacial score (nSPS) is 35.2. The number of fused-ring (bicyclic) bond motifs is 7. The van der Waals surface area contributed by atoms with E-state index in [0.29, 0.717) is 24.8 Å². The number of allylic oxidation sites excluding steroid dienone is 1. The number of pyridine rings is 1. The molecular weight excluding hydrogens is 719 g/mol. The van der Waals surface area contributed by atoms with E-state index in [2.05, 4.69) is 53.5 Å². The maximum absolute atomic E-state index is 14.3. The van der Waals surface area contributed by atoms with E-state index in [4.69, 9.17) is 4.74 Å². The lowest BCUT2D eigenvalue weighted by Gasteiger charge is -2.72. The number of amides is 1. The number of carbonyl (C=O) groups excluding carboxylic acids is 3. The number of ketones is 1. The predicted octanol–water partition coefficient (Wildman–Crippen LogP) is 7.73. The van der Waals surface area contributed by atoms with Crippen molar-refractivity contribution in [2.75, 3.05) is 27.2 Å². The lowest BCUT2D eigenvalue weighted by Crippen LogP contribution is -2.66. The van der Waals surface area contributed by atoms with Gasteiger partial charge in [-0.15, -0.1) is 0 Å². The molecule has 1 amide bonds. The number of likely N-dealkylation sites (N-methyl/N-ethyl adjacent to an activating group) is 1. The monoisotopic (exact) mass is 790 g/mol. The number of carbonyl (C=O) groups is 4. The molecule has 1 aromatic heterocycles. The molecule has 2 N–H and O–H groups in total. The molecule has 0 aromatic carbocycles. The summed E-state index contributed by atoms with van der Waals surface area (Å²) in [6, 6.07) is 3.89. The van der Waals surface area contributed by atoms with Gasteiger partial charge in [-0.1, -0.05) is 60.1 Å². The first-order chi connectivity index (χ1) is 26.4. The summed E-state index contributed by atoms with van der Waals surface area (Å²) >= 11 is 0. The Morgan fingerprint density at radius 2 is 1.67 bits per heavy atom. The number of Topliss-reactive ketones (excluding diaryl/α,β-unsaturated/α-hetero) is 1. The van der Waals surface area contributed by atoms with E-state index in [1.54, 1.807) is 39.0 Å². The quantitative estimate of drug-likeness (QED) is 0.204. The van der Waals surface area contributed by atoms with Crippen LogP contribution in [0.2, 0.25) is 0 Å². The molecule has 57 heavy (non-hydrogen) atoms. The van der Waals surface area contributed by atoms with Gasteiger partial charge in [-0.25, -0.2) is 0 Å². The van der Waals surface area contributed by atoms with E-state index < -0.39 is 28.9 Å². The van der Waals surface area contributed by atoms with Crippen LogP contribution < -0.4 is 0 Å². The Morgan fingerprint density at radius 1 is 0.965 bits per heavy atom. The first kappa shape index (κ1) is 43.5. The molecular formula is C47H71N3O7. The number of aliphatic hydroxyl groups is 1. The molecule has 6 rings (SSSR count). The number of carboxylic acids is 1. The fraction of sp³-hybridized carbons (Fsp3) is 0.766. The summed E-state index contributed by atoms with van der Waals surface area (Å²) in [5, 5.41) is 22.3. The number of hydrogen-bond donors (Lipinski definition) is 2. The zero-order valence-electron chi connectivity index (χ0n) is 36.7. The van der Waals surface area contributed by atoms with Crippen molar-refractivity contribution in [3.8, 4) is 0 Å². The van der Waals surface area contributed by atoms with Crippen molar-refractivity contribution in [3.63, 3.8) is 0 Å². The molecule has 0 aliphatic heterocycles. The molecule has 5 aliphatic carbocycles. The highest BCUT2D eigenvalue weighted by Gasteiger charge is 2.71. The molecule has 10 heteroatoms. The Kier molecular flexibility index (Phi) is 11.6. The van der Waals surface area contributed by atoms with Crippen LogP contribution in [0.25, 0.3) is 0 Å². The molecule has 9 unspecified atom stereocenters. The fourth-order valence-corrected chi connectivity index (χ4v) is 13.6. The molecule has 10 nitrogen and oxygen atoms in total. The van der Waals surface area contributed by atoms with Crippen LogP contribution in [0.15, 0.2) is 35.7 Å². The van der Waals surface area contributed by atoms with Crippen LogP contribution >= 0.6 is 0 Å². The minimum atomic E-state index is -1.18. The molecule has 1 aromatic rings. The smallest absolute Gasteiger partial charge is 0.309 e. The number of ether oxygens (including phenoxy) is 1. The zero-order chi connectivity index (χ0) is 42.1. The van der Waals surface area contributed by atoms with Crippen molar-refractivity contribution in [2.24, 2.45) is 56.2 Å². The predicted molar refractivity (Wildman–Crippen MR) is 220 cm³/mol. The van der Waals surface area contributed by atoms with Crippen LogP contribution in [0.1, 0.15) is 132 Å². The van der Waals surface area contributed by atoms with Gasteiger partial charge in [-0.3, -0.25) is 29.1 Å². The van der Waals surface area contributed by atoms with E-state index in [-0.39, 0.29) is 70.8 Å². The van der Waals surface area contributed by atoms with Gasteiger partial charge in [0.15, 0.2) is 5.78 Å². The average Bonchev–Trinajstić information content (AvgIpc) is 3.43. The Balaban J connectivity index is 1.30. The highest BCUT2D eigenvalue weighted by atomic mass is 16.5. The number of aliphatic carboxylic acids is 1. The van der Waals surface area contributed by atoms with E-state index >= 15 is 0 Å². The summed E-state index contributed by atoms with van der Waals surface area (Å²) in [6.07, 6.45) is 10.0. The number of esters is 1. The Labute approximate surface area is 341 Å². The summed E-state index contributed by atoms with van der Waals surface area (Å²) in [5.41, 5.74) is 0.931. The van der Waals surface area contributed by atoms with E-state index in [9.17, 15) is 29.4 Å². The van der Waals surface area contributed by atoms with Crippen molar-refractivity contribution < 1.29 is 34.1 Å². The Hall–Kier alpha value is -3.11. The fourth-order valence-electron chi connectivity index (χ4n) is 13.6. The Bertz CT molecular complexity index is 1770. The topological polar surface area (TPSA) is 137 Å². The van der Waals surface area contributed by atoms with Gasteiger partial charge in [0.05, 0.1) is 24.5 Å². The van der Waals surface area contributed by atoms with Gasteiger partial charge in [-0.05, 0) is 122 Å². The second-order valence-corrected chi connectivity index (χ2v) is 21.4. The number of hydrogen-bond acceptors (Lipinski definition) is 8. The molecule has 0 spiro atoms. The van der Waals surface area contributed by atoms with Gasteiger partial charge in [0.2, 0.25) is 5.91 Å². The molecule has 0 saturated heterocycles. The average molecular weight is 790 g/mol. The minimum absolute atomic E-state index is 0.00537. The molecule has 0 bridgehead atoms. The largest absolute Gasteiger partial charge is 0.481 e. The van der Waals surface area contributed by atoms with Crippen LogP contribution in [0.4, 0.5) is 0 Å². The number of aromatic nitrogens is 1. The first-order valence-corrected chi connectivity index (χ1v) is 21.6. The number of carboxylic acid groups (broad SMARTS) is 1. The summed E-state index contributed by atoms with van der Waals surface area (Å²) in [6.45, 7) is 20.4. The van der Waals surface area contributed by atoms with Gasteiger partial charge in [0.1, 0.15) is 6.10 Å². The van der Waals surface area contributed by atoms with Gasteiger partial charge in [0.25, 0.3) is 0 Å². The van der Waals surface area contributed by atoms with Crippen molar-refractivity contribution in [1.82, 2.24) is 14.8 Å². The summed E-state index contributed by atoms with van der Waals surface area (Å²) < 4.78 is 6.18. The lowest BCUT2D eigenvalue weighted by atomic mass is 9.33. The van der Waals surface area contributed by atoms with Crippen molar-refractivity contribution >= 4 is 23.6 Å². The van der Waals surface area contributed by atoms with Crippen LogP contribution in [0, 0.1) is 56.2 Å². The van der Waals surface area contributed by atoms with E-state index in [0.717, 1.165) is 62.5 Å². The third-order valence-electron chi connectivity index (χ3n) is 16.9. The van der Waals surface area contributed by atoms with Crippen molar-refractivity contribution in [3.05, 3.63) is 41.2 Å². The van der Waals surface area contributed by atoms with Crippen LogP contribution in [-0.2, 0) is 30.5 Å². The van der Waals surface area contributed by atoms with Crippen molar-refractivity contribution in [2.45, 2.75) is 145 Å². The molecule has 1 heterocycles. The van der Waals surface area contributed by atoms with E-state index in [1.165, 1.54) is 5.57 Å². The number of aliphatic hydroxyl groups excluding tert-OH is 1. The minimum Gasteiger partial charge on any atom is -0.481 e. The van der Waals surface area contributed by atoms with Crippen LogP contribution in [-0.4, -0.2) is 88.0 Å². The third-order valence-corrected chi connectivity index (χ3v) is 16.9. The highest BCUT2D eigenvalue weighted by molar-refractivity contribution is 6.00. The van der Waals surface area contributed by atoms with Gasteiger partial charge in [0, 0.05) is 56.8 Å². The van der Waals surface area contributed by atoms with Crippen LogP contribution in [0.3, 0.4) is 0 Å². The summed E-state index contributed by atoms with van der Waals surface area (Å²) in [4.78, 5) is 60.3. The maximum Gasteiger partial charge on any atom is 0.309 e. The second-order valence-electron chi connectivity index (χ2n) is 21.4. The third kappa shape index (κ3) is 7.20. The van der Waals surface area contributed by atoms with Gasteiger partial charge < -0.3 is 19.8 Å². The number of nitrogens with zero attached hydrogens (tertiary/aromatic N) is 3. The Morgan fingerprint density at radius 3 is 2.28 bits per heavy atom. The molecule has 9 atom stereocenters. The van der Waals surface area contributed by atoms with Crippen molar-refractivity contribution in [1.29, 1.82) is 0 Å². The van der Waals surface area contributed by atoms with Gasteiger partial charge >= 0.3 is 11.9 Å². The van der Waals surface area contributed by atoms with Gasteiger partial charge in [-0.2, -0.15) is 0 Å².